The summed E-state index contributed by atoms with van der Waals surface area (Å²) >= 11 is 0. The van der Waals surface area contributed by atoms with Crippen molar-refractivity contribution < 1.29 is 0 Å². The molecule has 12 heavy (non-hydrogen) atoms. The van der Waals surface area contributed by atoms with Gasteiger partial charge in [-0.2, -0.15) is 0 Å². The van der Waals surface area contributed by atoms with Gasteiger partial charge in [0.1, 0.15) is 0 Å². The van der Waals surface area contributed by atoms with Crippen LogP contribution >= 0.6 is 0 Å². The Labute approximate surface area is 74.2 Å². The largest absolute Gasteiger partial charge is 0.0991 e. The van der Waals surface area contributed by atoms with Crippen LogP contribution in [0.5, 0.6) is 0 Å². The van der Waals surface area contributed by atoms with Crippen LogP contribution in [0.1, 0.15) is 16.7 Å². The molecule has 0 atom stereocenters. The van der Waals surface area contributed by atoms with Crippen LogP contribution in [0.3, 0.4) is 0 Å². The van der Waals surface area contributed by atoms with Gasteiger partial charge >= 0.3 is 0 Å². The predicted octanol–water partition coefficient (Wildman–Crippen LogP) is 3.50. The molecule has 0 heteroatoms. The Morgan fingerprint density at radius 3 is 2.17 bits per heavy atom. The minimum absolute atomic E-state index is 1.24. The molecule has 1 rings (SSSR count). The normalized spacial score (nSPS) is 10.5. The third kappa shape index (κ3) is 2.39. The van der Waals surface area contributed by atoms with E-state index < -0.39 is 0 Å². The lowest BCUT2D eigenvalue weighted by Gasteiger charge is -1.98. The quantitative estimate of drug-likeness (QED) is 0.578. The van der Waals surface area contributed by atoms with E-state index in [1.54, 1.807) is 6.08 Å². The highest BCUT2D eigenvalue weighted by molar-refractivity contribution is 5.53. The SMILES string of the molecule is C=CC=Cc1cc(C)cc(C)c1. The molecule has 1 aromatic carbocycles. The number of allylic oxidation sites excluding steroid dienone is 2. The van der Waals surface area contributed by atoms with Gasteiger partial charge in [-0.1, -0.05) is 54.1 Å². The molecule has 0 unspecified atom stereocenters. The van der Waals surface area contributed by atoms with Crippen LogP contribution in [0, 0.1) is 13.8 Å². The van der Waals surface area contributed by atoms with Gasteiger partial charge < -0.3 is 0 Å². The minimum Gasteiger partial charge on any atom is -0.0991 e. The summed E-state index contributed by atoms with van der Waals surface area (Å²) in [5, 5.41) is 0. The fraction of sp³-hybridized carbons (Fsp3) is 0.167. The molecule has 62 valence electrons. The molecule has 0 aliphatic heterocycles. The van der Waals surface area contributed by atoms with Crippen molar-refractivity contribution in [3.63, 3.8) is 0 Å². The molecule has 0 saturated heterocycles. The van der Waals surface area contributed by atoms with Crippen LogP contribution in [0.4, 0.5) is 0 Å². The van der Waals surface area contributed by atoms with Gasteiger partial charge in [-0.3, -0.25) is 0 Å². The summed E-state index contributed by atoms with van der Waals surface area (Å²) in [6.07, 6.45) is 5.80. The van der Waals surface area contributed by atoms with Crippen LogP contribution in [0.25, 0.3) is 6.08 Å². The van der Waals surface area contributed by atoms with Gasteiger partial charge in [0.05, 0.1) is 0 Å². The highest BCUT2D eigenvalue weighted by Gasteiger charge is 1.90. The summed E-state index contributed by atoms with van der Waals surface area (Å²) in [5.41, 5.74) is 3.85. The second-order valence-electron chi connectivity index (χ2n) is 3.02. The molecule has 0 aliphatic carbocycles. The van der Waals surface area contributed by atoms with Crippen LogP contribution in [-0.2, 0) is 0 Å². The third-order valence-corrected chi connectivity index (χ3v) is 1.67. The van der Waals surface area contributed by atoms with Crippen molar-refractivity contribution in [3.05, 3.63) is 53.6 Å². The molecule has 0 fully saturated rings. The molecular weight excluding hydrogens is 144 g/mol. The van der Waals surface area contributed by atoms with E-state index in [-0.39, 0.29) is 0 Å². The average Bonchev–Trinajstić information content (AvgIpc) is 1.99. The zero-order chi connectivity index (χ0) is 8.97. The third-order valence-electron chi connectivity index (χ3n) is 1.67. The maximum absolute atomic E-state index is 3.63. The van der Waals surface area contributed by atoms with Gasteiger partial charge in [-0.25, -0.2) is 0 Å². The molecule has 0 N–H and O–H groups in total. The number of hydrogen-bond donors (Lipinski definition) is 0. The number of benzene rings is 1. The van der Waals surface area contributed by atoms with E-state index in [1.165, 1.54) is 16.7 Å². The monoisotopic (exact) mass is 158 g/mol. The molecule has 0 heterocycles. The summed E-state index contributed by atoms with van der Waals surface area (Å²) < 4.78 is 0. The molecule has 0 saturated carbocycles. The Morgan fingerprint density at radius 1 is 1.08 bits per heavy atom. The van der Waals surface area contributed by atoms with E-state index in [0.29, 0.717) is 0 Å². The van der Waals surface area contributed by atoms with Crippen molar-refractivity contribution in [2.45, 2.75) is 13.8 Å². The lowest BCUT2D eigenvalue weighted by atomic mass is 10.1. The molecule has 0 aromatic heterocycles. The second-order valence-corrected chi connectivity index (χ2v) is 3.02. The van der Waals surface area contributed by atoms with Crippen molar-refractivity contribution in [1.29, 1.82) is 0 Å². The fourth-order valence-electron chi connectivity index (χ4n) is 1.29. The Bertz CT molecular complexity index is 286. The first-order valence-corrected chi connectivity index (χ1v) is 4.10. The molecule has 0 amide bonds. The average molecular weight is 158 g/mol. The second kappa shape index (κ2) is 3.91. The van der Waals surface area contributed by atoms with E-state index >= 15 is 0 Å². The van der Waals surface area contributed by atoms with Crippen molar-refractivity contribution in [2.24, 2.45) is 0 Å². The fourth-order valence-corrected chi connectivity index (χ4v) is 1.29. The Kier molecular flexibility index (Phi) is 2.87. The maximum Gasteiger partial charge on any atom is -0.0251 e. The molecule has 0 bridgehead atoms. The number of aryl methyl sites for hydroxylation is 2. The number of rotatable bonds is 2. The summed E-state index contributed by atoms with van der Waals surface area (Å²) in [5.74, 6) is 0. The molecule has 0 nitrogen and oxygen atoms in total. The lowest BCUT2D eigenvalue weighted by molar-refractivity contribution is 1.37. The topological polar surface area (TPSA) is 0 Å². The van der Waals surface area contributed by atoms with Crippen LogP contribution in [0.2, 0.25) is 0 Å². The number of hydrogen-bond acceptors (Lipinski definition) is 0. The molecule has 0 aliphatic rings. The van der Waals surface area contributed by atoms with E-state index in [2.05, 4.69) is 44.7 Å². The van der Waals surface area contributed by atoms with Gasteiger partial charge in [0.15, 0.2) is 0 Å². The molecular formula is C12H14. The molecule has 1 aromatic rings. The van der Waals surface area contributed by atoms with Gasteiger partial charge in [0.2, 0.25) is 0 Å². The minimum atomic E-state index is 1.24. The van der Waals surface area contributed by atoms with Gasteiger partial charge in [-0.15, -0.1) is 0 Å². The Morgan fingerprint density at radius 2 is 1.67 bits per heavy atom. The van der Waals surface area contributed by atoms with E-state index in [0.717, 1.165) is 0 Å². The molecule has 0 spiro atoms. The van der Waals surface area contributed by atoms with E-state index in [9.17, 15) is 0 Å². The smallest absolute Gasteiger partial charge is 0.0251 e. The first-order chi connectivity index (χ1) is 5.72. The van der Waals surface area contributed by atoms with Crippen LogP contribution < -0.4 is 0 Å². The standard InChI is InChI=1S/C12H14/c1-4-5-6-12-8-10(2)7-11(3)9-12/h4-9H,1H2,2-3H3. The van der Waals surface area contributed by atoms with Gasteiger partial charge in [0.25, 0.3) is 0 Å². The van der Waals surface area contributed by atoms with Crippen molar-refractivity contribution in [2.75, 3.05) is 0 Å². The highest BCUT2D eigenvalue weighted by Crippen LogP contribution is 2.10. The Hall–Kier alpha value is -1.30. The van der Waals surface area contributed by atoms with E-state index in [1.807, 2.05) is 6.08 Å². The summed E-state index contributed by atoms with van der Waals surface area (Å²) in [6.45, 7) is 7.85. The predicted molar refractivity (Wildman–Crippen MR) is 55.1 cm³/mol. The van der Waals surface area contributed by atoms with Crippen LogP contribution in [-0.4, -0.2) is 0 Å². The summed E-state index contributed by atoms with van der Waals surface area (Å²) in [7, 11) is 0. The van der Waals surface area contributed by atoms with Crippen molar-refractivity contribution >= 4 is 6.08 Å². The first kappa shape index (κ1) is 8.79. The van der Waals surface area contributed by atoms with Gasteiger partial charge in [-0.05, 0) is 19.4 Å². The first-order valence-electron chi connectivity index (χ1n) is 4.10. The van der Waals surface area contributed by atoms with Gasteiger partial charge in [0, 0.05) is 0 Å². The summed E-state index contributed by atoms with van der Waals surface area (Å²) in [6, 6.07) is 6.49. The molecule has 0 radical (unpaired) electrons. The van der Waals surface area contributed by atoms with Crippen molar-refractivity contribution in [3.8, 4) is 0 Å². The van der Waals surface area contributed by atoms with E-state index in [4.69, 9.17) is 0 Å². The maximum atomic E-state index is 3.63. The summed E-state index contributed by atoms with van der Waals surface area (Å²) in [4.78, 5) is 0. The highest BCUT2D eigenvalue weighted by atomic mass is 14.0. The zero-order valence-corrected chi connectivity index (χ0v) is 7.67. The van der Waals surface area contributed by atoms with Crippen LogP contribution in [0.15, 0.2) is 36.9 Å². The van der Waals surface area contributed by atoms with Crippen molar-refractivity contribution in [1.82, 2.24) is 0 Å². The lowest BCUT2D eigenvalue weighted by Crippen LogP contribution is -1.79. The zero-order valence-electron chi connectivity index (χ0n) is 7.67. The Balaban J connectivity index is 3.00.